The van der Waals surface area contributed by atoms with E-state index in [4.69, 9.17) is 10.5 Å². The predicted molar refractivity (Wildman–Crippen MR) is 95.0 cm³/mol. The highest BCUT2D eigenvalue weighted by atomic mass is 35.5. The number of carbonyl (C=O) groups excluding carboxylic acids is 1. The van der Waals surface area contributed by atoms with Crippen molar-refractivity contribution in [2.45, 2.75) is 44.8 Å². The highest BCUT2D eigenvalue weighted by Crippen LogP contribution is 2.18. The van der Waals surface area contributed by atoms with Gasteiger partial charge in [0.25, 0.3) is 0 Å². The van der Waals surface area contributed by atoms with Crippen LogP contribution in [0.25, 0.3) is 0 Å². The molecule has 2 atom stereocenters. The first-order chi connectivity index (χ1) is 10.6. The van der Waals surface area contributed by atoms with Gasteiger partial charge in [0.15, 0.2) is 0 Å². The molecule has 2 unspecified atom stereocenters. The van der Waals surface area contributed by atoms with Crippen LogP contribution in [-0.4, -0.2) is 43.1 Å². The van der Waals surface area contributed by atoms with Crippen LogP contribution in [0.2, 0.25) is 0 Å². The van der Waals surface area contributed by atoms with Gasteiger partial charge in [0.2, 0.25) is 5.91 Å². The van der Waals surface area contributed by atoms with Gasteiger partial charge >= 0.3 is 0 Å². The van der Waals surface area contributed by atoms with Gasteiger partial charge in [0.05, 0.1) is 13.7 Å². The van der Waals surface area contributed by atoms with E-state index < -0.39 is 0 Å². The van der Waals surface area contributed by atoms with Crippen molar-refractivity contribution in [1.29, 1.82) is 0 Å². The maximum Gasteiger partial charge on any atom is 0.234 e. The Balaban J connectivity index is 0.00000264. The fourth-order valence-electron chi connectivity index (χ4n) is 3.03. The van der Waals surface area contributed by atoms with Crippen LogP contribution in [0.4, 0.5) is 0 Å². The number of ether oxygens (including phenoxy) is 1. The molecular formula is C17H28ClN3O2. The monoisotopic (exact) mass is 341 g/mol. The number of nitrogens with two attached hydrogens (primary N) is 1. The summed E-state index contributed by atoms with van der Waals surface area (Å²) in [6.07, 6.45) is 3.43. The molecule has 2 rings (SSSR count). The van der Waals surface area contributed by atoms with E-state index in [0.29, 0.717) is 19.1 Å². The summed E-state index contributed by atoms with van der Waals surface area (Å²) >= 11 is 0. The van der Waals surface area contributed by atoms with Gasteiger partial charge in [-0.1, -0.05) is 18.6 Å². The molecule has 130 valence electrons. The molecule has 1 amide bonds. The molecule has 0 bridgehead atoms. The van der Waals surface area contributed by atoms with Crippen LogP contribution in [0.15, 0.2) is 24.3 Å². The van der Waals surface area contributed by atoms with E-state index in [1.165, 1.54) is 6.42 Å². The summed E-state index contributed by atoms with van der Waals surface area (Å²) in [4.78, 5) is 14.4. The number of hydrogen-bond donors (Lipinski definition) is 2. The number of hydrogen-bond acceptors (Lipinski definition) is 4. The Morgan fingerprint density at radius 3 is 2.96 bits per heavy atom. The van der Waals surface area contributed by atoms with Crippen LogP contribution >= 0.6 is 12.4 Å². The Kier molecular flexibility index (Phi) is 8.37. The molecule has 1 saturated heterocycles. The van der Waals surface area contributed by atoms with Crippen molar-refractivity contribution in [3.8, 4) is 5.75 Å². The Hall–Kier alpha value is -1.30. The lowest BCUT2D eigenvalue weighted by atomic mass is 9.97. The van der Waals surface area contributed by atoms with Gasteiger partial charge in [-0.15, -0.1) is 12.4 Å². The van der Waals surface area contributed by atoms with E-state index in [2.05, 4.69) is 10.2 Å². The Morgan fingerprint density at radius 1 is 1.48 bits per heavy atom. The standard InChI is InChI=1S/C17H27N3O2.ClH/c1-13(18)16-8-3-4-9-20(16)12-17(21)19-11-14-6-5-7-15(10-14)22-2;/h5-7,10,13,16H,3-4,8-9,11-12,18H2,1-2H3,(H,19,21);1H. The first-order valence-electron chi connectivity index (χ1n) is 7.99. The summed E-state index contributed by atoms with van der Waals surface area (Å²) in [6, 6.07) is 8.16. The maximum atomic E-state index is 12.2. The maximum absolute atomic E-state index is 12.2. The topological polar surface area (TPSA) is 67.6 Å². The van der Waals surface area contributed by atoms with Gasteiger partial charge in [-0.3, -0.25) is 9.69 Å². The average molecular weight is 342 g/mol. The highest BCUT2D eigenvalue weighted by molar-refractivity contribution is 5.85. The SMILES string of the molecule is COc1cccc(CNC(=O)CN2CCCCC2C(C)N)c1.Cl. The molecule has 0 aliphatic carbocycles. The largest absolute Gasteiger partial charge is 0.497 e. The summed E-state index contributed by atoms with van der Waals surface area (Å²) in [6.45, 7) is 3.93. The number of rotatable bonds is 6. The minimum atomic E-state index is 0. The number of likely N-dealkylation sites (tertiary alicyclic amines) is 1. The molecule has 0 saturated carbocycles. The zero-order valence-electron chi connectivity index (χ0n) is 14.0. The summed E-state index contributed by atoms with van der Waals surface area (Å²) in [5.41, 5.74) is 7.08. The van der Waals surface area contributed by atoms with Crippen LogP contribution in [-0.2, 0) is 11.3 Å². The van der Waals surface area contributed by atoms with Gasteiger partial charge in [-0.2, -0.15) is 0 Å². The quantitative estimate of drug-likeness (QED) is 0.829. The lowest BCUT2D eigenvalue weighted by Gasteiger charge is -2.37. The van der Waals surface area contributed by atoms with E-state index in [1.807, 2.05) is 31.2 Å². The molecule has 6 heteroatoms. The third-order valence-corrected chi connectivity index (χ3v) is 4.24. The third kappa shape index (κ3) is 6.01. The molecular weight excluding hydrogens is 314 g/mol. The van der Waals surface area contributed by atoms with E-state index >= 15 is 0 Å². The second-order valence-electron chi connectivity index (χ2n) is 6.02. The number of amides is 1. The zero-order valence-corrected chi connectivity index (χ0v) is 14.8. The lowest BCUT2D eigenvalue weighted by Crippen LogP contribution is -2.52. The molecule has 3 N–H and O–H groups in total. The van der Waals surface area contributed by atoms with Crippen LogP contribution in [0, 0.1) is 0 Å². The summed E-state index contributed by atoms with van der Waals surface area (Å²) in [5.74, 6) is 0.857. The average Bonchev–Trinajstić information content (AvgIpc) is 2.53. The first-order valence-corrected chi connectivity index (χ1v) is 7.99. The Labute approximate surface area is 145 Å². The molecule has 23 heavy (non-hydrogen) atoms. The van der Waals surface area contributed by atoms with Crippen LogP contribution in [0.3, 0.4) is 0 Å². The Morgan fingerprint density at radius 2 is 2.26 bits per heavy atom. The molecule has 1 aromatic carbocycles. The molecule has 0 spiro atoms. The summed E-state index contributed by atoms with van der Waals surface area (Å²) < 4.78 is 5.19. The molecule has 1 heterocycles. The predicted octanol–water partition coefficient (Wildman–Crippen LogP) is 1.93. The van der Waals surface area contributed by atoms with E-state index in [0.717, 1.165) is 30.7 Å². The summed E-state index contributed by atoms with van der Waals surface area (Å²) in [7, 11) is 1.64. The lowest BCUT2D eigenvalue weighted by molar-refractivity contribution is -0.123. The van der Waals surface area contributed by atoms with Gasteiger partial charge in [-0.05, 0) is 44.0 Å². The zero-order chi connectivity index (χ0) is 15.9. The van der Waals surface area contributed by atoms with Crippen LogP contribution in [0.1, 0.15) is 31.7 Å². The van der Waals surface area contributed by atoms with Crippen molar-refractivity contribution in [2.75, 3.05) is 20.2 Å². The molecule has 1 aromatic rings. The van der Waals surface area contributed by atoms with Crippen LogP contribution < -0.4 is 15.8 Å². The molecule has 5 nitrogen and oxygen atoms in total. The number of piperidine rings is 1. The third-order valence-electron chi connectivity index (χ3n) is 4.24. The van der Waals surface area contributed by atoms with Gasteiger partial charge in [0, 0.05) is 18.6 Å². The fraction of sp³-hybridized carbons (Fsp3) is 0.588. The van der Waals surface area contributed by atoms with E-state index in [-0.39, 0.29) is 24.4 Å². The van der Waals surface area contributed by atoms with Crippen molar-refractivity contribution in [1.82, 2.24) is 10.2 Å². The Bertz CT molecular complexity index is 496. The molecule has 1 aliphatic heterocycles. The van der Waals surface area contributed by atoms with Gasteiger partial charge in [0.1, 0.15) is 5.75 Å². The van der Waals surface area contributed by atoms with Gasteiger partial charge in [-0.25, -0.2) is 0 Å². The molecule has 1 aliphatic rings. The molecule has 1 fully saturated rings. The number of carbonyl (C=O) groups is 1. The van der Waals surface area contributed by atoms with E-state index in [1.54, 1.807) is 7.11 Å². The minimum absolute atomic E-state index is 0. The fourth-order valence-corrected chi connectivity index (χ4v) is 3.03. The van der Waals surface area contributed by atoms with Crippen molar-refractivity contribution in [3.05, 3.63) is 29.8 Å². The van der Waals surface area contributed by atoms with E-state index in [9.17, 15) is 4.79 Å². The normalized spacial score (nSPS) is 19.5. The number of nitrogens with one attached hydrogen (secondary N) is 1. The molecule has 0 aromatic heterocycles. The van der Waals surface area contributed by atoms with Crippen molar-refractivity contribution in [3.63, 3.8) is 0 Å². The highest BCUT2D eigenvalue weighted by Gasteiger charge is 2.26. The smallest absolute Gasteiger partial charge is 0.234 e. The number of nitrogens with zero attached hydrogens (tertiary/aromatic N) is 1. The minimum Gasteiger partial charge on any atom is -0.497 e. The number of halogens is 1. The molecule has 0 radical (unpaired) electrons. The summed E-state index contributed by atoms with van der Waals surface area (Å²) in [5, 5.41) is 2.98. The van der Waals surface area contributed by atoms with Crippen molar-refractivity contribution >= 4 is 18.3 Å². The second kappa shape index (κ2) is 9.75. The second-order valence-corrected chi connectivity index (χ2v) is 6.02. The van der Waals surface area contributed by atoms with Crippen molar-refractivity contribution in [2.24, 2.45) is 5.73 Å². The van der Waals surface area contributed by atoms with Crippen molar-refractivity contribution < 1.29 is 9.53 Å². The van der Waals surface area contributed by atoms with Crippen LogP contribution in [0.5, 0.6) is 5.75 Å². The number of benzene rings is 1. The first kappa shape index (κ1) is 19.7. The number of methoxy groups -OCH3 is 1. The van der Waals surface area contributed by atoms with Gasteiger partial charge < -0.3 is 15.8 Å².